The number of rotatable bonds is 6. The van der Waals surface area contributed by atoms with Crippen LogP contribution in [0.15, 0.2) is 87.5 Å². The fraction of sp³-hybridized carbons (Fsp3) is 0.269. The quantitative estimate of drug-likeness (QED) is 0.506. The molecule has 1 heterocycles. The normalized spacial score (nSPS) is 17.0. The van der Waals surface area contributed by atoms with Crippen LogP contribution in [0.4, 0.5) is 5.69 Å². The Kier molecular flexibility index (Phi) is 7.22. The predicted molar refractivity (Wildman–Crippen MR) is 133 cm³/mol. The molecule has 172 valence electrons. The van der Waals surface area contributed by atoms with Crippen molar-refractivity contribution < 1.29 is 13.2 Å². The van der Waals surface area contributed by atoms with E-state index in [4.69, 9.17) is 0 Å². The van der Waals surface area contributed by atoms with E-state index in [9.17, 15) is 13.2 Å². The van der Waals surface area contributed by atoms with Crippen molar-refractivity contribution in [2.75, 3.05) is 18.4 Å². The summed E-state index contributed by atoms with van der Waals surface area (Å²) >= 11 is 1.59. The minimum atomic E-state index is -3.65. The van der Waals surface area contributed by atoms with Crippen LogP contribution in [-0.4, -0.2) is 31.7 Å². The van der Waals surface area contributed by atoms with Gasteiger partial charge >= 0.3 is 0 Å². The number of hydrogen-bond donors (Lipinski definition) is 1. The summed E-state index contributed by atoms with van der Waals surface area (Å²) in [5.41, 5.74) is 2.36. The van der Waals surface area contributed by atoms with Crippen molar-refractivity contribution in [3.63, 3.8) is 0 Å². The molecule has 33 heavy (non-hydrogen) atoms. The number of nitrogens with zero attached hydrogens (tertiary/aromatic N) is 1. The molecule has 0 radical (unpaired) electrons. The molecule has 5 nitrogen and oxygen atoms in total. The topological polar surface area (TPSA) is 66.5 Å². The molecule has 3 aromatic carbocycles. The Morgan fingerprint density at radius 3 is 2.52 bits per heavy atom. The SMILES string of the molecule is Cc1ccc(C)c(S(=O)(=O)N2CCC[C@@H](C(=O)Nc3ccccc3Sc3ccccc3)C2)c1. The molecular weight excluding hydrogens is 452 g/mol. The number of hydrogen-bond acceptors (Lipinski definition) is 4. The molecule has 0 unspecified atom stereocenters. The first-order valence-corrected chi connectivity index (χ1v) is 13.3. The average molecular weight is 481 g/mol. The Bertz CT molecular complexity index is 1240. The predicted octanol–water partition coefficient (Wildman–Crippen LogP) is 5.49. The van der Waals surface area contributed by atoms with Crippen molar-refractivity contribution >= 4 is 33.4 Å². The molecule has 1 aliphatic heterocycles. The third-order valence-electron chi connectivity index (χ3n) is 5.83. The maximum atomic E-state index is 13.3. The third kappa shape index (κ3) is 5.49. The van der Waals surface area contributed by atoms with Gasteiger partial charge in [0.1, 0.15) is 0 Å². The highest BCUT2D eigenvalue weighted by Gasteiger charge is 2.34. The van der Waals surface area contributed by atoms with E-state index in [1.165, 1.54) is 4.31 Å². The van der Waals surface area contributed by atoms with Gasteiger partial charge in [-0.3, -0.25) is 4.79 Å². The van der Waals surface area contributed by atoms with Crippen molar-refractivity contribution in [2.45, 2.75) is 41.4 Å². The van der Waals surface area contributed by atoms with E-state index in [2.05, 4.69) is 5.32 Å². The molecule has 3 aromatic rings. The molecule has 0 bridgehead atoms. The summed E-state index contributed by atoms with van der Waals surface area (Å²) in [5.74, 6) is -0.537. The van der Waals surface area contributed by atoms with Crippen LogP contribution >= 0.6 is 11.8 Å². The minimum Gasteiger partial charge on any atom is -0.325 e. The van der Waals surface area contributed by atoms with Gasteiger partial charge in [0.15, 0.2) is 0 Å². The van der Waals surface area contributed by atoms with E-state index in [1.54, 1.807) is 17.8 Å². The first-order chi connectivity index (χ1) is 15.8. The number of piperidine rings is 1. The number of amides is 1. The fourth-order valence-corrected chi connectivity index (χ4v) is 6.76. The number of para-hydroxylation sites is 1. The zero-order valence-electron chi connectivity index (χ0n) is 18.8. The summed E-state index contributed by atoms with van der Waals surface area (Å²) in [5, 5.41) is 3.05. The molecule has 0 aromatic heterocycles. The lowest BCUT2D eigenvalue weighted by Gasteiger charge is -2.31. The molecular formula is C26H28N2O3S2. The van der Waals surface area contributed by atoms with Crippen LogP contribution in [0.3, 0.4) is 0 Å². The van der Waals surface area contributed by atoms with E-state index in [1.807, 2.05) is 80.6 Å². The van der Waals surface area contributed by atoms with Crippen LogP contribution < -0.4 is 5.32 Å². The van der Waals surface area contributed by atoms with Gasteiger partial charge in [-0.2, -0.15) is 4.31 Å². The Morgan fingerprint density at radius 1 is 1.00 bits per heavy atom. The Hall–Kier alpha value is -2.61. The highest BCUT2D eigenvalue weighted by Crippen LogP contribution is 2.34. The molecule has 0 aliphatic carbocycles. The highest BCUT2D eigenvalue weighted by molar-refractivity contribution is 7.99. The second kappa shape index (κ2) is 10.1. The van der Waals surface area contributed by atoms with Crippen LogP contribution in [-0.2, 0) is 14.8 Å². The summed E-state index contributed by atoms with van der Waals surface area (Å²) in [4.78, 5) is 15.5. The molecule has 0 spiro atoms. The lowest BCUT2D eigenvalue weighted by atomic mass is 9.99. The van der Waals surface area contributed by atoms with Crippen LogP contribution in [0.5, 0.6) is 0 Å². The third-order valence-corrected chi connectivity index (χ3v) is 8.92. The number of sulfonamides is 1. The molecule has 1 N–H and O–H groups in total. The summed E-state index contributed by atoms with van der Waals surface area (Å²) in [7, 11) is -3.65. The zero-order valence-corrected chi connectivity index (χ0v) is 20.5. The van der Waals surface area contributed by atoms with Gasteiger partial charge in [-0.25, -0.2) is 8.42 Å². The molecule has 0 saturated carbocycles. The van der Waals surface area contributed by atoms with E-state index in [0.717, 1.165) is 26.6 Å². The number of anilines is 1. The van der Waals surface area contributed by atoms with Gasteiger partial charge in [-0.15, -0.1) is 0 Å². The Morgan fingerprint density at radius 2 is 1.73 bits per heavy atom. The van der Waals surface area contributed by atoms with Crippen LogP contribution in [0, 0.1) is 19.8 Å². The highest BCUT2D eigenvalue weighted by atomic mass is 32.2. The lowest BCUT2D eigenvalue weighted by Crippen LogP contribution is -2.43. The first kappa shape index (κ1) is 23.5. The van der Waals surface area contributed by atoms with Crippen molar-refractivity contribution in [3.05, 3.63) is 83.9 Å². The van der Waals surface area contributed by atoms with E-state index in [0.29, 0.717) is 24.3 Å². The van der Waals surface area contributed by atoms with E-state index >= 15 is 0 Å². The maximum absolute atomic E-state index is 13.3. The first-order valence-electron chi connectivity index (χ1n) is 11.0. The second-order valence-electron chi connectivity index (χ2n) is 8.37. The van der Waals surface area contributed by atoms with Gasteiger partial charge in [0, 0.05) is 22.9 Å². The summed E-state index contributed by atoms with van der Waals surface area (Å²) in [6, 6.07) is 23.1. The van der Waals surface area contributed by atoms with Crippen molar-refractivity contribution in [3.8, 4) is 0 Å². The molecule has 1 atom stereocenters. The Balaban J connectivity index is 1.49. The number of carbonyl (C=O) groups is 1. The van der Waals surface area contributed by atoms with Crippen LogP contribution in [0.2, 0.25) is 0 Å². The second-order valence-corrected chi connectivity index (χ2v) is 11.4. The van der Waals surface area contributed by atoms with Crippen molar-refractivity contribution in [1.29, 1.82) is 0 Å². The van der Waals surface area contributed by atoms with Gasteiger partial charge in [0.05, 0.1) is 16.5 Å². The fourth-order valence-electron chi connectivity index (χ4n) is 4.01. The number of carbonyl (C=O) groups excluding carboxylic acids is 1. The summed E-state index contributed by atoms with van der Waals surface area (Å²) in [6.45, 7) is 4.31. The maximum Gasteiger partial charge on any atom is 0.243 e. The van der Waals surface area contributed by atoms with Crippen molar-refractivity contribution in [1.82, 2.24) is 4.31 Å². The molecule has 1 saturated heterocycles. The van der Waals surface area contributed by atoms with E-state index < -0.39 is 15.9 Å². The van der Waals surface area contributed by atoms with Gasteiger partial charge < -0.3 is 5.32 Å². The molecule has 1 aliphatic rings. The van der Waals surface area contributed by atoms with Gasteiger partial charge in [-0.05, 0) is 68.1 Å². The monoisotopic (exact) mass is 480 g/mol. The standard InChI is InChI=1S/C26H28N2O3S2/c1-19-14-15-20(2)25(17-19)33(30,31)28-16-8-9-21(18-28)26(29)27-23-12-6-7-13-24(23)32-22-10-4-3-5-11-22/h3-7,10-15,17,21H,8-9,16,18H2,1-2H3,(H,27,29)/t21-/m1/s1. The molecule has 1 fully saturated rings. The summed E-state index contributed by atoms with van der Waals surface area (Å²) < 4.78 is 28.1. The van der Waals surface area contributed by atoms with Crippen molar-refractivity contribution in [2.24, 2.45) is 5.92 Å². The van der Waals surface area contributed by atoms with E-state index in [-0.39, 0.29) is 12.5 Å². The molecule has 4 rings (SSSR count). The molecule has 7 heteroatoms. The lowest BCUT2D eigenvalue weighted by molar-refractivity contribution is -0.120. The van der Waals surface area contributed by atoms with Gasteiger partial charge in [0.25, 0.3) is 0 Å². The largest absolute Gasteiger partial charge is 0.325 e. The smallest absolute Gasteiger partial charge is 0.243 e. The number of aryl methyl sites for hydroxylation is 2. The number of benzene rings is 3. The number of nitrogens with one attached hydrogen (secondary N) is 1. The molecule has 1 amide bonds. The zero-order chi connectivity index (χ0) is 23.4. The van der Waals surface area contributed by atoms with Crippen LogP contribution in [0.1, 0.15) is 24.0 Å². The summed E-state index contributed by atoms with van der Waals surface area (Å²) in [6.07, 6.45) is 1.32. The Labute approximate surface area is 200 Å². The average Bonchev–Trinajstić information content (AvgIpc) is 2.82. The van der Waals surface area contributed by atoms with Crippen LogP contribution in [0.25, 0.3) is 0 Å². The van der Waals surface area contributed by atoms with Gasteiger partial charge in [0.2, 0.25) is 15.9 Å². The van der Waals surface area contributed by atoms with Gasteiger partial charge in [-0.1, -0.05) is 54.2 Å². The minimum absolute atomic E-state index is 0.142.